The molecule has 0 aromatic carbocycles. The van der Waals surface area contributed by atoms with Gasteiger partial charge in [-0.1, -0.05) is 33.6 Å². The number of nitrogens with zero attached hydrogens (tertiary/aromatic N) is 1. The third-order valence-electron chi connectivity index (χ3n) is 4.00. The Morgan fingerprint density at radius 2 is 2.00 bits per heavy atom. The lowest BCUT2D eigenvalue weighted by atomic mass is 9.76. The third-order valence-corrected chi connectivity index (χ3v) is 4.00. The van der Waals surface area contributed by atoms with Crippen LogP contribution in [-0.2, 0) is 0 Å². The highest BCUT2D eigenvalue weighted by Gasteiger charge is 2.37. The Morgan fingerprint density at radius 1 is 1.33 bits per heavy atom. The summed E-state index contributed by atoms with van der Waals surface area (Å²) in [7, 11) is 2.16. The van der Waals surface area contributed by atoms with E-state index in [1.807, 2.05) is 0 Å². The lowest BCUT2D eigenvalue weighted by molar-refractivity contribution is 0.0559. The Bertz CT molecular complexity index is 191. The normalized spacial score (nSPS) is 31.6. The smallest absolute Gasteiger partial charge is 0.0558 e. The standard InChI is InChI=1S/C13H27NO/c1-11-7-5-6-8-13(2,3)12(11)14(4)9-10-15/h11-12,15H,5-10H2,1-4H3. The summed E-state index contributed by atoms with van der Waals surface area (Å²) < 4.78 is 0. The lowest BCUT2D eigenvalue weighted by Gasteiger charge is -2.42. The van der Waals surface area contributed by atoms with E-state index in [0.717, 1.165) is 12.5 Å². The van der Waals surface area contributed by atoms with Crippen LogP contribution < -0.4 is 0 Å². The van der Waals surface area contributed by atoms with Gasteiger partial charge in [0, 0.05) is 12.6 Å². The summed E-state index contributed by atoms with van der Waals surface area (Å²) in [4.78, 5) is 2.36. The summed E-state index contributed by atoms with van der Waals surface area (Å²) in [6.07, 6.45) is 5.39. The first-order valence-corrected chi connectivity index (χ1v) is 6.30. The molecule has 0 heterocycles. The molecule has 1 saturated carbocycles. The fourth-order valence-electron chi connectivity index (χ4n) is 3.45. The molecule has 1 fully saturated rings. The van der Waals surface area contributed by atoms with E-state index in [9.17, 15) is 0 Å². The van der Waals surface area contributed by atoms with E-state index in [0.29, 0.717) is 11.5 Å². The van der Waals surface area contributed by atoms with Gasteiger partial charge in [0.1, 0.15) is 0 Å². The van der Waals surface area contributed by atoms with Crippen molar-refractivity contribution in [2.24, 2.45) is 11.3 Å². The largest absolute Gasteiger partial charge is 0.395 e. The van der Waals surface area contributed by atoms with Crippen LogP contribution in [0.2, 0.25) is 0 Å². The van der Waals surface area contributed by atoms with Crippen molar-refractivity contribution in [3.63, 3.8) is 0 Å². The van der Waals surface area contributed by atoms with Gasteiger partial charge in [-0.15, -0.1) is 0 Å². The first-order valence-electron chi connectivity index (χ1n) is 6.30. The number of aliphatic hydroxyl groups is 1. The van der Waals surface area contributed by atoms with Crippen molar-refractivity contribution in [3.05, 3.63) is 0 Å². The van der Waals surface area contributed by atoms with E-state index < -0.39 is 0 Å². The molecule has 1 aliphatic carbocycles. The van der Waals surface area contributed by atoms with Crippen LogP contribution in [0.3, 0.4) is 0 Å². The Morgan fingerprint density at radius 3 is 2.60 bits per heavy atom. The van der Waals surface area contributed by atoms with Crippen LogP contribution in [-0.4, -0.2) is 36.2 Å². The van der Waals surface area contributed by atoms with Crippen LogP contribution >= 0.6 is 0 Å². The molecule has 0 aromatic heterocycles. The molecule has 0 aliphatic heterocycles. The van der Waals surface area contributed by atoms with Gasteiger partial charge in [0.25, 0.3) is 0 Å². The van der Waals surface area contributed by atoms with E-state index in [4.69, 9.17) is 5.11 Å². The summed E-state index contributed by atoms with van der Waals surface area (Å²) >= 11 is 0. The minimum atomic E-state index is 0.274. The third kappa shape index (κ3) is 3.18. The van der Waals surface area contributed by atoms with Crippen molar-refractivity contribution in [2.75, 3.05) is 20.2 Å². The molecule has 2 atom stereocenters. The van der Waals surface area contributed by atoms with Gasteiger partial charge in [-0.2, -0.15) is 0 Å². The fourth-order valence-corrected chi connectivity index (χ4v) is 3.45. The molecular formula is C13H27NO. The summed E-state index contributed by atoms with van der Waals surface area (Å²) in [6.45, 7) is 8.21. The average Bonchev–Trinajstić information content (AvgIpc) is 2.24. The maximum Gasteiger partial charge on any atom is 0.0558 e. The van der Waals surface area contributed by atoms with Crippen LogP contribution in [0.25, 0.3) is 0 Å². The number of hydrogen-bond acceptors (Lipinski definition) is 2. The van der Waals surface area contributed by atoms with Crippen molar-refractivity contribution in [1.82, 2.24) is 4.90 Å². The summed E-state index contributed by atoms with van der Waals surface area (Å²) in [6, 6.07) is 0.618. The number of rotatable bonds is 3. The molecule has 0 spiro atoms. The van der Waals surface area contributed by atoms with Gasteiger partial charge in [0.05, 0.1) is 6.61 Å². The van der Waals surface area contributed by atoms with Gasteiger partial charge >= 0.3 is 0 Å². The molecule has 2 unspecified atom stereocenters. The molecule has 2 heteroatoms. The molecule has 0 saturated heterocycles. The zero-order chi connectivity index (χ0) is 11.5. The lowest BCUT2D eigenvalue weighted by Crippen LogP contribution is -2.47. The molecular weight excluding hydrogens is 186 g/mol. The molecule has 15 heavy (non-hydrogen) atoms. The second-order valence-electron chi connectivity index (χ2n) is 5.86. The molecule has 1 N–H and O–H groups in total. The summed E-state index contributed by atoms with van der Waals surface area (Å²) in [5.74, 6) is 0.749. The van der Waals surface area contributed by atoms with Crippen LogP contribution in [0, 0.1) is 11.3 Å². The molecule has 90 valence electrons. The molecule has 0 radical (unpaired) electrons. The van der Waals surface area contributed by atoms with E-state index >= 15 is 0 Å². The van der Waals surface area contributed by atoms with Crippen LogP contribution in [0.15, 0.2) is 0 Å². The summed E-state index contributed by atoms with van der Waals surface area (Å²) in [5.41, 5.74) is 0.389. The predicted molar refractivity (Wildman–Crippen MR) is 64.9 cm³/mol. The second-order valence-corrected chi connectivity index (χ2v) is 5.86. The van der Waals surface area contributed by atoms with Crippen LogP contribution in [0.5, 0.6) is 0 Å². The maximum atomic E-state index is 9.05. The molecule has 0 bridgehead atoms. The van der Waals surface area contributed by atoms with Gasteiger partial charge in [0.2, 0.25) is 0 Å². The van der Waals surface area contributed by atoms with Gasteiger partial charge in [-0.05, 0) is 31.2 Å². The Hall–Kier alpha value is -0.0800. The first-order chi connectivity index (χ1) is 6.99. The number of aliphatic hydroxyl groups excluding tert-OH is 1. The van der Waals surface area contributed by atoms with Gasteiger partial charge in [0.15, 0.2) is 0 Å². The van der Waals surface area contributed by atoms with E-state index in [1.54, 1.807) is 0 Å². The van der Waals surface area contributed by atoms with Crippen LogP contribution in [0.1, 0.15) is 46.5 Å². The molecule has 0 aromatic rings. The highest BCUT2D eigenvalue weighted by atomic mass is 16.3. The predicted octanol–water partition coefficient (Wildman–Crippen LogP) is 2.52. The quantitative estimate of drug-likeness (QED) is 0.728. The Labute approximate surface area is 94.7 Å². The number of likely N-dealkylation sites (N-methyl/N-ethyl adjacent to an activating group) is 1. The van der Waals surface area contributed by atoms with Gasteiger partial charge in [-0.3, -0.25) is 0 Å². The summed E-state index contributed by atoms with van der Waals surface area (Å²) in [5, 5.41) is 9.05. The topological polar surface area (TPSA) is 23.5 Å². The van der Waals surface area contributed by atoms with E-state index in [-0.39, 0.29) is 6.61 Å². The van der Waals surface area contributed by atoms with Crippen molar-refractivity contribution < 1.29 is 5.11 Å². The first kappa shape index (κ1) is 13.0. The van der Waals surface area contributed by atoms with E-state index in [1.165, 1.54) is 25.7 Å². The highest BCUT2D eigenvalue weighted by molar-refractivity contribution is 4.90. The Kier molecular flexibility index (Phi) is 4.60. The minimum Gasteiger partial charge on any atom is -0.395 e. The zero-order valence-corrected chi connectivity index (χ0v) is 10.8. The van der Waals surface area contributed by atoms with Crippen molar-refractivity contribution in [3.8, 4) is 0 Å². The average molecular weight is 213 g/mol. The SMILES string of the molecule is CC1CCCCC(C)(C)C1N(C)CCO. The number of hydrogen-bond donors (Lipinski definition) is 1. The maximum absolute atomic E-state index is 9.05. The zero-order valence-electron chi connectivity index (χ0n) is 10.8. The van der Waals surface area contributed by atoms with Crippen molar-refractivity contribution in [2.45, 2.75) is 52.5 Å². The highest BCUT2D eigenvalue weighted by Crippen LogP contribution is 2.39. The Balaban J connectivity index is 2.76. The van der Waals surface area contributed by atoms with Crippen molar-refractivity contribution in [1.29, 1.82) is 0 Å². The monoisotopic (exact) mass is 213 g/mol. The molecule has 1 aliphatic rings. The molecule has 1 rings (SSSR count). The van der Waals surface area contributed by atoms with E-state index in [2.05, 4.69) is 32.7 Å². The molecule has 0 amide bonds. The molecule has 2 nitrogen and oxygen atoms in total. The minimum absolute atomic E-state index is 0.274. The van der Waals surface area contributed by atoms with Gasteiger partial charge in [-0.25, -0.2) is 0 Å². The second kappa shape index (κ2) is 5.31. The van der Waals surface area contributed by atoms with Crippen LogP contribution in [0.4, 0.5) is 0 Å². The van der Waals surface area contributed by atoms with Gasteiger partial charge < -0.3 is 10.0 Å². The van der Waals surface area contributed by atoms with Crippen molar-refractivity contribution >= 4 is 0 Å². The fraction of sp³-hybridized carbons (Fsp3) is 1.00.